The second kappa shape index (κ2) is 6.05. The highest BCUT2D eigenvalue weighted by molar-refractivity contribution is 7.11. The average Bonchev–Trinajstić information content (AvgIpc) is 2.92. The largest absolute Gasteiger partial charge is 0.406 e. The molecule has 0 aromatic carbocycles. The highest BCUT2D eigenvalue weighted by Crippen LogP contribution is 2.24. The van der Waals surface area contributed by atoms with Crippen LogP contribution in [0.15, 0.2) is 12.1 Å². The first kappa shape index (κ1) is 15.8. The first-order valence-electron chi connectivity index (χ1n) is 6.42. The van der Waals surface area contributed by atoms with Crippen molar-refractivity contribution in [1.82, 2.24) is 10.2 Å². The third-order valence-corrected chi connectivity index (χ3v) is 4.19. The van der Waals surface area contributed by atoms with Gasteiger partial charge in [-0.15, -0.1) is 11.3 Å². The molecule has 1 aliphatic rings. The van der Waals surface area contributed by atoms with Crippen molar-refractivity contribution >= 4 is 23.2 Å². The van der Waals surface area contributed by atoms with E-state index in [0.717, 1.165) is 9.75 Å². The summed E-state index contributed by atoms with van der Waals surface area (Å²) >= 11 is 1.54. The number of thiophene rings is 1. The van der Waals surface area contributed by atoms with Crippen molar-refractivity contribution in [3.63, 3.8) is 0 Å². The van der Waals surface area contributed by atoms with Crippen molar-refractivity contribution in [3.05, 3.63) is 21.9 Å². The summed E-state index contributed by atoms with van der Waals surface area (Å²) in [6.45, 7) is 0.815. The Morgan fingerprint density at radius 2 is 2.19 bits per heavy atom. The number of rotatable bonds is 4. The van der Waals surface area contributed by atoms with Gasteiger partial charge in [0, 0.05) is 22.7 Å². The number of halogens is 3. The van der Waals surface area contributed by atoms with Crippen molar-refractivity contribution in [2.75, 3.05) is 13.1 Å². The average molecular weight is 320 g/mol. The van der Waals surface area contributed by atoms with Crippen molar-refractivity contribution in [1.29, 1.82) is 0 Å². The van der Waals surface area contributed by atoms with E-state index in [1.807, 2.05) is 19.1 Å². The monoisotopic (exact) mass is 320 g/mol. The fraction of sp³-hybridized carbons (Fsp3) is 0.538. The second-order valence-corrected chi connectivity index (χ2v) is 6.39. The molecule has 2 rings (SSSR count). The van der Waals surface area contributed by atoms with Crippen molar-refractivity contribution in [2.24, 2.45) is 5.92 Å². The van der Waals surface area contributed by atoms with E-state index >= 15 is 0 Å². The van der Waals surface area contributed by atoms with Crippen LogP contribution in [-0.4, -0.2) is 36.0 Å². The minimum atomic E-state index is -4.43. The van der Waals surface area contributed by atoms with Crippen LogP contribution < -0.4 is 5.32 Å². The molecule has 21 heavy (non-hydrogen) atoms. The smallest absolute Gasteiger partial charge is 0.351 e. The van der Waals surface area contributed by atoms with Crippen LogP contribution in [0.1, 0.15) is 16.2 Å². The fourth-order valence-electron chi connectivity index (χ4n) is 2.22. The molecule has 2 amide bonds. The molecule has 1 unspecified atom stereocenters. The predicted molar refractivity (Wildman–Crippen MR) is 71.6 cm³/mol. The Kier molecular flexibility index (Phi) is 4.55. The van der Waals surface area contributed by atoms with Crippen molar-refractivity contribution in [3.8, 4) is 0 Å². The highest BCUT2D eigenvalue weighted by atomic mass is 32.1. The third kappa shape index (κ3) is 4.45. The van der Waals surface area contributed by atoms with Gasteiger partial charge in [0.1, 0.15) is 6.54 Å². The Morgan fingerprint density at radius 1 is 1.48 bits per heavy atom. The number of amides is 2. The summed E-state index contributed by atoms with van der Waals surface area (Å²) in [5, 5.41) is 2.67. The number of nitrogens with one attached hydrogen (secondary N) is 1. The highest BCUT2D eigenvalue weighted by Gasteiger charge is 2.40. The Hall–Kier alpha value is -1.57. The first-order valence-corrected chi connectivity index (χ1v) is 7.24. The number of hydrogen-bond acceptors (Lipinski definition) is 3. The van der Waals surface area contributed by atoms with Gasteiger partial charge in [-0.2, -0.15) is 13.2 Å². The predicted octanol–water partition coefficient (Wildman–Crippen LogP) is 2.08. The minimum absolute atomic E-state index is 0.161. The number of aryl methyl sites for hydroxylation is 1. The van der Waals surface area contributed by atoms with E-state index in [9.17, 15) is 22.8 Å². The zero-order valence-corrected chi connectivity index (χ0v) is 12.2. The molecule has 1 atom stereocenters. The molecule has 0 bridgehead atoms. The maximum Gasteiger partial charge on any atom is 0.406 e. The Balaban J connectivity index is 1.85. The topological polar surface area (TPSA) is 49.4 Å². The Bertz CT molecular complexity index is 542. The summed E-state index contributed by atoms with van der Waals surface area (Å²) in [4.78, 5) is 26.2. The molecule has 1 aromatic heterocycles. The normalized spacial score (nSPS) is 19.1. The third-order valence-electron chi connectivity index (χ3n) is 3.19. The molecule has 4 nitrogen and oxygen atoms in total. The Labute approximate surface area is 123 Å². The first-order chi connectivity index (χ1) is 9.74. The van der Waals surface area contributed by atoms with Crippen LogP contribution in [0.4, 0.5) is 13.2 Å². The van der Waals surface area contributed by atoms with Crippen LogP contribution >= 0.6 is 11.3 Å². The summed E-state index contributed by atoms with van der Waals surface area (Å²) in [5.74, 6) is -1.71. The number of hydrogen-bond donors (Lipinski definition) is 1. The van der Waals surface area contributed by atoms with Gasteiger partial charge < -0.3 is 10.2 Å². The number of carbonyl (C=O) groups is 2. The van der Waals surface area contributed by atoms with Gasteiger partial charge in [-0.3, -0.25) is 9.59 Å². The van der Waals surface area contributed by atoms with Crippen LogP contribution in [0.5, 0.6) is 0 Å². The zero-order chi connectivity index (χ0) is 15.6. The molecule has 0 aliphatic carbocycles. The molecule has 1 aliphatic heterocycles. The lowest BCUT2D eigenvalue weighted by atomic mass is 10.1. The van der Waals surface area contributed by atoms with E-state index in [2.05, 4.69) is 5.32 Å². The van der Waals surface area contributed by atoms with Gasteiger partial charge in [-0.1, -0.05) is 0 Å². The molecule has 0 spiro atoms. The fourth-order valence-corrected chi connectivity index (χ4v) is 3.05. The molecular weight excluding hydrogens is 305 g/mol. The van der Waals surface area contributed by atoms with Gasteiger partial charge in [-0.05, 0) is 19.1 Å². The van der Waals surface area contributed by atoms with E-state index in [0.29, 0.717) is 11.4 Å². The summed E-state index contributed by atoms with van der Waals surface area (Å²) in [7, 11) is 0. The standard InChI is InChI=1S/C13H15F3N2O2S/c1-8-2-3-10(21-8)5-17-12(20)9-4-11(19)18(6-9)7-13(14,15)16/h2-3,9H,4-7H2,1H3,(H,17,20). The molecule has 0 radical (unpaired) electrons. The summed E-state index contributed by atoms with van der Waals surface area (Å²) in [6.07, 6.45) is -4.60. The number of alkyl halides is 3. The molecule has 1 N–H and O–H groups in total. The molecule has 1 aromatic rings. The van der Waals surface area contributed by atoms with E-state index in [1.165, 1.54) is 0 Å². The van der Waals surface area contributed by atoms with Crippen LogP contribution in [-0.2, 0) is 16.1 Å². The second-order valence-electron chi connectivity index (χ2n) is 5.02. The van der Waals surface area contributed by atoms with E-state index < -0.39 is 24.5 Å². The molecule has 0 saturated carbocycles. The van der Waals surface area contributed by atoms with Crippen molar-refractivity contribution < 1.29 is 22.8 Å². The van der Waals surface area contributed by atoms with E-state index in [-0.39, 0.29) is 18.9 Å². The molecule has 1 saturated heterocycles. The number of carbonyl (C=O) groups excluding carboxylic acids is 2. The molecule has 1 fully saturated rings. The molecule has 116 valence electrons. The van der Waals surface area contributed by atoms with Crippen LogP contribution in [0.25, 0.3) is 0 Å². The maximum atomic E-state index is 12.3. The molecular formula is C13H15F3N2O2S. The zero-order valence-electron chi connectivity index (χ0n) is 11.4. The summed E-state index contributed by atoms with van der Waals surface area (Å²) in [6, 6.07) is 3.81. The number of nitrogens with zero attached hydrogens (tertiary/aromatic N) is 1. The quantitative estimate of drug-likeness (QED) is 0.923. The summed E-state index contributed by atoms with van der Waals surface area (Å²) < 4.78 is 36.9. The van der Waals surface area contributed by atoms with Crippen LogP contribution in [0.2, 0.25) is 0 Å². The van der Waals surface area contributed by atoms with E-state index in [1.54, 1.807) is 11.3 Å². The van der Waals surface area contributed by atoms with Crippen molar-refractivity contribution in [2.45, 2.75) is 26.1 Å². The van der Waals surface area contributed by atoms with Gasteiger partial charge in [0.05, 0.1) is 12.5 Å². The van der Waals surface area contributed by atoms with Gasteiger partial charge >= 0.3 is 6.18 Å². The number of likely N-dealkylation sites (tertiary alicyclic amines) is 1. The van der Waals surface area contributed by atoms with E-state index in [4.69, 9.17) is 0 Å². The van der Waals surface area contributed by atoms with Gasteiger partial charge in [0.25, 0.3) is 0 Å². The lowest BCUT2D eigenvalue weighted by molar-refractivity contribution is -0.157. The van der Waals surface area contributed by atoms with Crippen LogP contribution in [0.3, 0.4) is 0 Å². The molecule has 8 heteroatoms. The Morgan fingerprint density at radius 3 is 2.76 bits per heavy atom. The SMILES string of the molecule is Cc1ccc(CNC(=O)C2CC(=O)N(CC(F)(F)F)C2)s1. The minimum Gasteiger partial charge on any atom is -0.351 e. The lowest BCUT2D eigenvalue weighted by Crippen LogP contribution is -2.37. The van der Waals surface area contributed by atoms with Gasteiger partial charge in [0.2, 0.25) is 11.8 Å². The molecule has 2 heterocycles. The van der Waals surface area contributed by atoms with Crippen LogP contribution in [0, 0.1) is 12.8 Å². The van der Waals surface area contributed by atoms with Gasteiger partial charge in [0.15, 0.2) is 0 Å². The lowest BCUT2D eigenvalue weighted by Gasteiger charge is -2.18. The van der Waals surface area contributed by atoms with Gasteiger partial charge in [-0.25, -0.2) is 0 Å². The maximum absolute atomic E-state index is 12.3. The summed E-state index contributed by atoms with van der Waals surface area (Å²) in [5.41, 5.74) is 0.